The Hall–Kier alpha value is -3.87. The lowest BCUT2D eigenvalue weighted by Crippen LogP contribution is -2.49. The van der Waals surface area contributed by atoms with E-state index in [2.05, 4.69) is 0 Å². The molecule has 7 heteroatoms. The van der Waals surface area contributed by atoms with Crippen molar-refractivity contribution in [3.8, 4) is 11.5 Å². The van der Waals surface area contributed by atoms with Crippen LogP contribution in [0.1, 0.15) is 15.9 Å². The molecular formula is C23H19FN2O4. The van der Waals surface area contributed by atoms with Gasteiger partial charge in [-0.25, -0.2) is 4.39 Å². The van der Waals surface area contributed by atoms with Crippen molar-refractivity contribution < 1.29 is 23.5 Å². The van der Waals surface area contributed by atoms with Crippen LogP contribution in [0.3, 0.4) is 0 Å². The van der Waals surface area contributed by atoms with E-state index in [1.54, 1.807) is 60.7 Å². The maximum absolute atomic E-state index is 13.2. The Morgan fingerprint density at radius 3 is 2.60 bits per heavy atom. The van der Waals surface area contributed by atoms with Gasteiger partial charge in [0.05, 0.1) is 12.2 Å². The SMILES string of the molecule is NC(=O)[C@H]1CN(C(=O)c2cccc(OCc3ccc(F)cc3)c2)c2ccccc2O1. The Kier molecular flexibility index (Phi) is 5.34. The molecule has 6 nitrogen and oxygen atoms in total. The zero-order valence-electron chi connectivity index (χ0n) is 16.0. The molecule has 1 aliphatic heterocycles. The fraction of sp³-hybridized carbons (Fsp3) is 0.130. The van der Waals surface area contributed by atoms with Crippen molar-refractivity contribution in [1.29, 1.82) is 0 Å². The maximum atomic E-state index is 13.2. The van der Waals surface area contributed by atoms with Crippen LogP contribution in [0.2, 0.25) is 0 Å². The first-order valence-corrected chi connectivity index (χ1v) is 9.35. The predicted molar refractivity (Wildman–Crippen MR) is 109 cm³/mol. The van der Waals surface area contributed by atoms with E-state index in [0.717, 1.165) is 5.56 Å². The number of primary amides is 1. The predicted octanol–water partition coefficient (Wildman–Crippen LogP) is 3.30. The van der Waals surface area contributed by atoms with Gasteiger partial charge in [-0.15, -0.1) is 0 Å². The van der Waals surface area contributed by atoms with Crippen LogP contribution in [0.5, 0.6) is 11.5 Å². The van der Waals surface area contributed by atoms with Crippen LogP contribution in [0.25, 0.3) is 0 Å². The van der Waals surface area contributed by atoms with Crippen molar-refractivity contribution >= 4 is 17.5 Å². The first-order chi connectivity index (χ1) is 14.5. The summed E-state index contributed by atoms with van der Waals surface area (Å²) < 4.78 is 24.4. The summed E-state index contributed by atoms with van der Waals surface area (Å²) in [6.07, 6.45) is -0.929. The van der Waals surface area contributed by atoms with E-state index >= 15 is 0 Å². The third-order valence-electron chi connectivity index (χ3n) is 4.74. The van der Waals surface area contributed by atoms with Gasteiger partial charge in [0.1, 0.15) is 23.9 Å². The lowest BCUT2D eigenvalue weighted by molar-refractivity contribution is -0.124. The molecule has 0 unspecified atom stereocenters. The van der Waals surface area contributed by atoms with E-state index in [1.165, 1.54) is 17.0 Å². The zero-order valence-corrected chi connectivity index (χ0v) is 16.0. The first-order valence-electron chi connectivity index (χ1n) is 9.35. The largest absolute Gasteiger partial charge is 0.489 e. The summed E-state index contributed by atoms with van der Waals surface area (Å²) in [4.78, 5) is 26.4. The van der Waals surface area contributed by atoms with Crippen molar-refractivity contribution in [3.05, 3.63) is 89.7 Å². The maximum Gasteiger partial charge on any atom is 0.260 e. The minimum Gasteiger partial charge on any atom is -0.489 e. The summed E-state index contributed by atoms with van der Waals surface area (Å²) in [5.74, 6) is -0.336. The fourth-order valence-corrected chi connectivity index (χ4v) is 3.20. The number of fused-ring (bicyclic) bond motifs is 1. The molecule has 0 bridgehead atoms. The highest BCUT2D eigenvalue weighted by atomic mass is 19.1. The molecule has 30 heavy (non-hydrogen) atoms. The normalized spacial score (nSPS) is 15.1. The number of nitrogens with zero attached hydrogens (tertiary/aromatic N) is 1. The van der Waals surface area contributed by atoms with E-state index in [4.69, 9.17) is 15.2 Å². The molecule has 0 fully saturated rings. The summed E-state index contributed by atoms with van der Waals surface area (Å²) >= 11 is 0. The molecule has 1 aliphatic rings. The molecule has 2 N–H and O–H groups in total. The average molecular weight is 406 g/mol. The minimum atomic E-state index is -0.929. The van der Waals surface area contributed by atoms with E-state index in [1.807, 2.05) is 0 Å². The molecule has 0 aliphatic carbocycles. The summed E-state index contributed by atoms with van der Waals surface area (Å²) in [5.41, 5.74) is 7.18. The summed E-state index contributed by atoms with van der Waals surface area (Å²) in [6.45, 7) is 0.258. The molecule has 0 aromatic heterocycles. The Morgan fingerprint density at radius 1 is 1.07 bits per heavy atom. The molecular weight excluding hydrogens is 387 g/mol. The molecule has 4 rings (SSSR count). The highest BCUT2D eigenvalue weighted by Gasteiger charge is 2.33. The second-order valence-corrected chi connectivity index (χ2v) is 6.84. The molecule has 152 valence electrons. The van der Waals surface area contributed by atoms with Crippen molar-refractivity contribution in [2.24, 2.45) is 5.73 Å². The summed E-state index contributed by atoms with van der Waals surface area (Å²) in [5, 5.41) is 0. The number of amides is 2. The van der Waals surface area contributed by atoms with Gasteiger partial charge in [-0.3, -0.25) is 9.59 Å². The number of rotatable bonds is 5. The van der Waals surface area contributed by atoms with Crippen molar-refractivity contribution in [2.45, 2.75) is 12.7 Å². The number of anilines is 1. The number of carbonyl (C=O) groups excluding carboxylic acids is 2. The van der Waals surface area contributed by atoms with Crippen LogP contribution in [-0.2, 0) is 11.4 Å². The Labute approximate surface area is 172 Å². The zero-order chi connectivity index (χ0) is 21.1. The minimum absolute atomic E-state index is 0.0197. The van der Waals surface area contributed by atoms with E-state index < -0.39 is 12.0 Å². The van der Waals surface area contributed by atoms with Crippen molar-refractivity contribution in [1.82, 2.24) is 0 Å². The van der Waals surface area contributed by atoms with Crippen molar-refractivity contribution in [3.63, 3.8) is 0 Å². The number of para-hydroxylation sites is 2. The standard InChI is InChI=1S/C23H19FN2O4/c24-17-10-8-15(9-11-17)14-29-18-5-3-4-16(12-18)23(28)26-13-21(22(25)27)30-20-7-2-1-6-19(20)26/h1-12,21H,13-14H2,(H2,25,27)/t21-/m1/s1. The molecule has 0 spiro atoms. The van der Waals surface area contributed by atoms with Crippen LogP contribution < -0.4 is 20.1 Å². The number of benzene rings is 3. The average Bonchev–Trinajstić information content (AvgIpc) is 2.77. The number of nitrogens with two attached hydrogens (primary N) is 1. The lowest BCUT2D eigenvalue weighted by Gasteiger charge is -2.33. The Balaban J connectivity index is 1.55. The van der Waals surface area contributed by atoms with Crippen LogP contribution in [0.4, 0.5) is 10.1 Å². The van der Waals surface area contributed by atoms with Gasteiger partial charge < -0.3 is 20.1 Å². The monoisotopic (exact) mass is 406 g/mol. The topological polar surface area (TPSA) is 81.9 Å². The molecule has 0 saturated carbocycles. The van der Waals surface area contributed by atoms with Gasteiger partial charge in [-0.2, -0.15) is 0 Å². The van der Waals surface area contributed by atoms with Crippen molar-refractivity contribution in [2.75, 3.05) is 11.4 Å². The molecule has 0 saturated heterocycles. The number of carbonyl (C=O) groups is 2. The molecule has 2 amide bonds. The van der Waals surface area contributed by atoms with Crippen LogP contribution in [-0.4, -0.2) is 24.5 Å². The Bertz CT molecular complexity index is 1080. The first kappa shape index (κ1) is 19.4. The van der Waals surface area contributed by atoms with Gasteiger partial charge >= 0.3 is 0 Å². The molecule has 3 aromatic carbocycles. The van der Waals surface area contributed by atoms with E-state index in [0.29, 0.717) is 22.7 Å². The second-order valence-electron chi connectivity index (χ2n) is 6.84. The van der Waals surface area contributed by atoms with E-state index in [-0.39, 0.29) is 24.9 Å². The number of hydrogen-bond acceptors (Lipinski definition) is 4. The van der Waals surface area contributed by atoms with Gasteiger partial charge in [0.15, 0.2) is 6.10 Å². The fourth-order valence-electron chi connectivity index (χ4n) is 3.20. The molecule has 3 aromatic rings. The van der Waals surface area contributed by atoms with Gasteiger partial charge in [-0.05, 0) is 48.0 Å². The van der Waals surface area contributed by atoms with Crippen LogP contribution >= 0.6 is 0 Å². The third kappa shape index (κ3) is 4.10. The molecule has 0 radical (unpaired) electrons. The lowest BCUT2D eigenvalue weighted by atomic mass is 10.1. The van der Waals surface area contributed by atoms with E-state index in [9.17, 15) is 14.0 Å². The van der Waals surface area contributed by atoms with Gasteiger partial charge in [0, 0.05) is 5.56 Å². The quantitative estimate of drug-likeness (QED) is 0.705. The number of ether oxygens (including phenoxy) is 2. The summed E-state index contributed by atoms with van der Waals surface area (Å²) in [6, 6.07) is 19.7. The highest BCUT2D eigenvalue weighted by molar-refractivity contribution is 6.08. The number of hydrogen-bond donors (Lipinski definition) is 1. The van der Waals surface area contributed by atoms with Gasteiger partial charge in [0.2, 0.25) is 0 Å². The van der Waals surface area contributed by atoms with Gasteiger partial charge in [0.25, 0.3) is 11.8 Å². The highest BCUT2D eigenvalue weighted by Crippen LogP contribution is 2.34. The summed E-state index contributed by atoms with van der Waals surface area (Å²) in [7, 11) is 0. The number of halogens is 1. The van der Waals surface area contributed by atoms with Crippen LogP contribution in [0, 0.1) is 5.82 Å². The third-order valence-corrected chi connectivity index (χ3v) is 4.74. The second kappa shape index (κ2) is 8.24. The smallest absolute Gasteiger partial charge is 0.260 e. The molecule has 1 heterocycles. The van der Waals surface area contributed by atoms with Gasteiger partial charge in [-0.1, -0.05) is 30.3 Å². The molecule has 1 atom stereocenters. The van der Waals surface area contributed by atoms with Crippen LogP contribution in [0.15, 0.2) is 72.8 Å². The Morgan fingerprint density at radius 2 is 1.83 bits per heavy atom.